The number of hydrogen-bond acceptors (Lipinski definition) is 2. The van der Waals surface area contributed by atoms with Gasteiger partial charge in [-0.15, -0.1) is 0 Å². The van der Waals surface area contributed by atoms with Crippen LogP contribution in [0, 0.1) is 0 Å². The Morgan fingerprint density at radius 2 is 1.76 bits per heavy atom. The highest BCUT2D eigenvalue weighted by Gasteiger charge is 2.50. The summed E-state index contributed by atoms with van der Waals surface area (Å²) in [5.74, 6) is 1.37. The first-order valence-electron chi connectivity index (χ1n) is 7.86. The van der Waals surface area contributed by atoms with Crippen molar-refractivity contribution in [2.24, 2.45) is 0 Å². The van der Waals surface area contributed by atoms with Gasteiger partial charge in [-0.1, -0.05) is 43.2 Å². The molecule has 1 N–H and O–H groups in total. The Kier molecular flexibility index (Phi) is 2.91. The number of rotatable bonds is 1. The molecule has 21 heavy (non-hydrogen) atoms. The van der Waals surface area contributed by atoms with Crippen LogP contribution in [0.1, 0.15) is 43.2 Å². The standard InChI is InChI=1S/C19H20O2/c20-15-11-9-14(10-12-15)19-13-5-1-2-8-18(19)21-17-7-4-3-6-16(17)19/h3-4,6-7,9-12,18,20H,1-2,5,8,13H2. The number of benzene rings is 2. The molecule has 2 aliphatic rings. The van der Waals surface area contributed by atoms with Crippen LogP contribution in [-0.4, -0.2) is 11.2 Å². The molecular weight excluding hydrogens is 260 g/mol. The molecule has 1 aliphatic carbocycles. The normalized spacial score (nSPS) is 27.3. The van der Waals surface area contributed by atoms with Gasteiger partial charge in [0.25, 0.3) is 0 Å². The highest BCUT2D eigenvalue weighted by Crippen LogP contribution is 2.53. The Labute approximate surface area is 125 Å². The van der Waals surface area contributed by atoms with E-state index in [0.29, 0.717) is 5.75 Å². The average Bonchev–Trinajstić information content (AvgIpc) is 2.68. The summed E-state index contributed by atoms with van der Waals surface area (Å²) in [7, 11) is 0. The summed E-state index contributed by atoms with van der Waals surface area (Å²) in [5, 5.41) is 9.61. The zero-order valence-electron chi connectivity index (χ0n) is 12.1. The summed E-state index contributed by atoms with van der Waals surface area (Å²) < 4.78 is 6.32. The van der Waals surface area contributed by atoms with Gasteiger partial charge in [0.1, 0.15) is 17.6 Å². The fourth-order valence-corrected chi connectivity index (χ4v) is 4.12. The van der Waals surface area contributed by atoms with Crippen LogP contribution in [0.15, 0.2) is 48.5 Å². The van der Waals surface area contributed by atoms with Crippen molar-refractivity contribution in [1.82, 2.24) is 0 Å². The topological polar surface area (TPSA) is 29.5 Å². The molecule has 1 aliphatic heterocycles. The second-order valence-corrected chi connectivity index (χ2v) is 6.22. The Morgan fingerprint density at radius 3 is 2.62 bits per heavy atom. The van der Waals surface area contributed by atoms with Gasteiger partial charge >= 0.3 is 0 Å². The maximum Gasteiger partial charge on any atom is 0.124 e. The molecular formula is C19H20O2. The zero-order valence-corrected chi connectivity index (χ0v) is 12.1. The van der Waals surface area contributed by atoms with E-state index in [1.165, 1.54) is 30.4 Å². The van der Waals surface area contributed by atoms with Crippen molar-refractivity contribution in [1.29, 1.82) is 0 Å². The summed E-state index contributed by atoms with van der Waals surface area (Å²) in [6, 6.07) is 16.2. The fraction of sp³-hybridized carbons (Fsp3) is 0.368. The third-order valence-corrected chi connectivity index (χ3v) is 5.11. The minimum atomic E-state index is -0.0409. The molecule has 0 amide bonds. The van der Waals surface area contributed by atoms with E-state index in [1.54, 1.807) is 12.1 Å². The van der Waals surface area contributed by atoms with Crippen molar-refractivity contribution < 1.29 is 9.84 Å². The molecule has 2 aromatic carbocycles. The Balaban J connectivity index is 1.92. The molecule has 0 bridgehead atoms. The Bertz CT molecular complexity index is 647. The first-order valence-corrected chi connectivity index (χ1v) is 7.86. The third-order valence-electron chi connectivity index (χ3n) is 5.11. The van der Waals surface area contributed by atoms with Crippen LogP contribution in [0.4, 0.5) is 0 Å². The molecule has 2 atom stereocenters. The quantitative estimate of drug-likeness (QED) is 0.838. The van der Waals surface area contributed by atoms with Crippen molar-refractivity contribution in [3.8, 4) is 11.5 Å². The van der Waals surface area contributed by atoms with Gasteiger partial charge in [0.05, 0.1) is 5.41 Å². The van der Waals surface area contributed by atoms with E-state index < -0.39 is 0 Å². The molecule has 108 valence electrons. The zero-order chi connectivity index (χ0) is 14.3. The highest BCUT2D eigenvalue weighted by molar-refractivity contribution is 5.53. The molecule has 0 radical (unpaired) electrons. The molecule has 0 saturated heterocycles. The van der Waals surface area contributed by atoms with Crippen LogP contribution in [0.25, 0.3) is 0 Å². The van der Waals surface area contributed by atoms with Crippen LogP contribution >= 0.6 is 0 Å². The van der Waals surface area contributed by atoms with Crippen LogP contribution in [0.5, 0.6) is 11.5 Å². The number of fused-ring (bicyclic) bond motifs is 3. The van der Waals surface area contributed by atoms with Crippen LogP contribution in [0.3, 0.4) is 0 Å². The maximum atomic E-state index is 9.61. The van der Waals surface area contributed by atoms with Gasteiger partial charge in [-0.05, 0) is 43.0 Å². The number of phenolic OH excluding ortho intramolecular Hbond substituents is 1. The highest BCUT2D eigenvalue weighted by atomic mass is 16.5. The van der Waals surface area contributed by atoms with Gasteiger partial charge < -0.3 is 9.84 Å². The minimum absolute atomic E-state index is 0.0409. The van der Waals surface area contributed by atoms with E-state index in [4.69, 9.17) is 4.74 Å². The number of hydrogen-bond donors (Lipinski definition) is 1. The van der Waals surface area contributed by atoms with E-state index in [9.17, 15) is 5.11 Å². The van der Waals surface area contributed by atoms with Crippen molar-refractivity contribution >= 4 is 0 Å². The lowest BCUT2D eigenvalue weighted by Crippen LogP contribution is -2.38. The van der Waals surface area contributed by atoms with Crippen molar-refractivity contribution in [3.05, 3.63) is 59.7 Å². The largest absolute Gasteiger partial charge is 0.508 e. The molecule has 2 nitrogen and oxygen atoms in total. The van der Waals surface area contributed by atoms with Crippen molar-refractivity contribution in [3.63, 3.8) is 0 Å². The predicted molar refractivity (Wildman–Crippen MR) is 82.8 cm³/mol. The maximum absolute atomic E-state index is 9.61. The summed E-state index contributed by atoms with van der Waals surface area (Å²) >= 11 is 0. The molecule has 4 rings (SSSR count). The lowest BCUT2D eigenvalue weighted by Gasteiger charge is -2.33. The molecule has 0 aromatic heterocycles. The number of phenols is 1. The summed E-state index contributed by atoms with van der Waals surface area (Å²) in [6.45, 7) is 0. The second-order valence-electron chi connectivity index (χ2n) is 6.22. The van der Waals surface area contributed by atoms with Crippen LogP contribution < -0.4 is 4.74 Å². The van der Waals surface area contributed by atoms with E-state index in [-0.39, 0.29) is 11.5 Å². The molecule has 2 unspecified atom stereocenters. The van der Waals surface area contributed by atoms with Gasteiger partial charge in [-0.25, -0.2) is 0 Å². The molecule has 1 fully saturated rings. The van der Waals surface area contributed by atoms with E-state index in [2.05, 4.69) is 36.4 Å². The number of para-hydroxylation sites is 1. The third kappa shape index (κ3) is 1.85. The van der Waals surface area contributed by atoms with Gasteiger partial charge in [0.15, 0.2) is 0 Å². The summed E-state index contributed by atoms with van der Waals surface area (Å²) in [4.78, 5) is 0. The molecule has 0 spiro atoms. The smallest absolute Gasteiger partial charge is 0.124 e. The molecule has 1 saturated carbocycles. The SMILES string of the molecule is Oc1ccc(C23CCCCCC2Oc2ccccc23)cc1. The van der Waals surface area contributed by atoms with E-state index in [0.717, 1.165) is 18.6 Å². The minimum Gasteiger partial charge on any atom is -0.508 e. The fourth-order valence-electron chi connectivity index (χ4n) is 4.12. The lowest BCUT2D eigenvalue weighted by molar-refractivity contribution is 0.159. The molecule has 2 aromatic rings. The Hall–Kier alpha value is -1.96. The second kappa shape index (κ2) is 4.80. The lowest BCUT2D eigenvalue weighted by atomic mass is 9.69. The van der Waals surface area contributed by atoms with Crippen LogP contribution in [0.2, 0.25) is 0 Å². The molecule has 1 heterocycles. The van der Waals surface area contributed by atoms with Gasteiger partial charge in [-0.2, -0.15) is 0 Å². The molecule has 2 heteroatoms. The predicted octanol–water partition coefficient (Wildman–Crippen LogP) is 4.40. The first kappa shape index (κ1) is 12.8. The monoisotopic (exact) mass is 280 g/mol. The van der Waals surface area contributed by atoms with Gasteiger partial charge in [-0.3, -0.25) is 0 Å². The van der Waals surface area contributed by atoms with E-state index in [1.807, 2.05) is 0 Å². The first-order chi connectivity index (χ1) is 10.3. The number of aromatic hydroxyl groups is 1. The van der Waals surface area contributed by atoms with Gasteiger partial charge in [0.2, 0.25) is 0 Å². The van der Waals surface area contributed by atoms with E-state index >= 15 is 0 Å². The summed E-state index contributed by atoms with van der Waals surface area (Å²) in [5.41, 5.74) is 2.56. The number of ether oxygens (including phenoxy) is 1. The Morgan fingerprint density at radius 1 is 0.952 bits per heavy atom. The van der Waals surface area contributed by atoms with Crippen molar-refractivity contribution in [2.75, 3.05) is 0 Å². The average molecular weight is 280 g/mol. The summed E-state index contributed by atoms with van der Waals surface area (Å²) in [6.07, 6.45) is 6.20. The van der Waals surface area contributed by atoms with Crippen LogP contribution in [-0.2, 0) is 5.41 Å². The van der Waals surface area contributed by atoms with Gasteiger partial charge in [0, 0.05) is 5.56 Å². The van der Waals surface area contributed by atoms with Crippen molar-refractivity contribution in [2.45, 2.75) is 43.6 Å².